The van der Waals surface area contributed by atoms with Crippen LogP contribution in [0.3, 0.4) is 0 Å². The minimum atomic E-state index is 1.15. The lowest BCUT2D eigenvalue weighted by atomic mass is 10.0. The Morgan fingerprint density at radius 2 is 1.67 bits per heavy atom. The van der Waals surface area contributed by atoms with Crippen molar-refractivity contribution in [2.24, 2.45) is 0 Å². The molecule has 0 atom stereocenters. The number of anilines is 2. The van der Waals surface area contributed by atoms with Crippen LogP contribution in [0.25, 0.3) is 36.3 Å². The topological polar surface area (TPSA) is 12.0 Å². The van der Waals surface area contributed by atoms with Crippen LogP contribution in [0.15, 0.2) is 66.7 Å². The zero-order valence-electron chi connectivity index (χ0n) is 14.7. The number of hydrogen-bond acceptors (Lipinski definition) is 3. The maximum absolute atomic E-state index is 3.69. The Kier molecular flexibility index (Phi) is 3.40. The molecular weight excluding hydrogens is 366 g/mol. The molecule has 0 unspecified atom stereocenters. The highest BCUT2D eigenvalue weighted by Gasteiger charge is 2.15. The SMILES string of the molecule is C1=Cc2sc3c(Nc4ccc5c(c4)sc4ccccc45)cccc3c2CC1. The van der Waals surface area contributed by atoms with E-state index in [0.29, 0.717) is 0 Å². The Labute approximate surface area is 165 Å². The second-order valence-electron chi connectivity index (χ2n) is 7.00. The predicted molar refractivity (Wildman–Crippen MR) is 122 cm³/mol. The molecule has 3 aromatic carbocycles. The molecule has 5 aromatic rings. The van der Waals surface area contributed by atoms with Gasteiger partial charge in [-0.1, -0.05) is 42.5 Å². The highest BCUT2D eigenvalue weighted by molar-refractivity contribution is 7.25. The van der Waals surface area contributed by atoms with Gasteiger partial charge in [-0.05, 0) is 54.1 Å². The lowest BCUT2D eigenvalue weighted by Crippen LogP contribution is -1.91. The molecule has 0 aliphatic heterocycles. The molecule has 27 heavy (non-hydrogen) atoms. The van der Waals surface area contributed by atoms with Crippen LogP contribution in [0.5, 0.6) is 0 Å². The number of fused-ring (bicyclic) bond motifs is 6. The van der Waals surface area contributed by atoms with Gasteiger partial charge in [0.1, 0.15) is 0 Å². The highest BCUT2D eigenvalue weighted by Crippen LogP contribution is 2.41. The molecule has 130 valence electrons. The monoisotopic (exact) mass is 383 g/mol. The second-order valence-corrected chi connectivity index (χ2v) is 9.14. The molecule has 0 bridgehead atoms. The Morgan fingerprint density at radius 1 is 0.778 bits per heavy atom. The van der Waals surface area contributed by atoms with Gasteiger partial charge in [-0.3, -0.25) is 0 Å². The normalized spacial score (nSPS) is 13.5. The summed E-state index contributed by atoms with van der Waals surface area (Å²) in [5.74, 6) is 0. The third-order valence-corrected chi connectivity index (χ3v) is 7.72. The third-order valence-electron chi connectivity index (χ3n) is 5.34. The van der Waals surface area contributed by atoms with Crippen molar-refractivity contribution in [2.75, 3.05) is 5.32 Å². The van der Waals surface area contributed by atoms with Crippen LogP contribution < -0.4 is 5.32 Å². The smallest absolute Gasteiger partial charge is 0.0587 e. The van der Waals surface area contributed by atoms with Gasteiger partial charge < -0.3 is 5.32 Å². The number of nitrogens with one attached hydrogen (secondary N) is 1. The zero-order chi connectivity index (χ0) is 17.8. The Morgan fingerprint density at radius 3 is 2.67 bits per heavy atom. The first-order valence-electron chi connectivity index (χ1n) is 9.26. The summed E-state index contributed by atoms with van der Waals surface area (Å²) in [6, 6.07) is 22.0. The molecule has 0 saturated heterocycles. The summed E-state index contributed by atoms with van der Waals surface area (Å²) >= 11 is 3.77. The summed E-state index contributed by atoms with van der Waals surface area (Å²) in [4.78, 5) is 1.42. The van der Waals surface area contributed by atoms with E-state index in [9.17, 15) is 0 Å². The maximum Gasteiger partial charge on any atom is 0.0587 e. The van der Waals surface area contributed by atoms with Gasteiger partial charge in [-0.25, -0.2) is 0 Å². The van der Waals surface area contributed by atoms with Crippen LogP contribution in [-0.2, 0) is 6.42 Å². The molecular formula is C24H17NS2. The molecule has 0 amide bonds. The van der Waals surface area contributed by atoms with Crippen LogP contribution in [0, 0.1) is 0 Å². The fourth-order valence-electron chi connectivity index (χ4n) is 4.06. The molecule has 0 saturated carbocycles. The quantitative estimate of drug-likeness (QED) is 0.326. The molecule has 2 aromatic heterocycles. The minimum Gasteiger partial charge on any atom is -0.354 e. The van der Waals surface area contributed by atoms with E-state index < -0.39 is 0 Å². The lowest BCUT2D eigenvalue weighted by Gasteiger charge is -2.08. The standard InChI is InChI=1S/C24H17NS2/c1-3-10-21-16(6-1)18-13-12-15(14-23(18)26-21)25-20-9-5-8-19-17-7-2-4-11-22(17)27-24(19)20/h1,3-6,8-14,25H,2,7H2. The van der Waals surface area contributed by atoms with E-state index in [4.69, 9.17) is 0 Å². The number of hydrogen-bond donors (Lipinski definition) is 1. The van der Waals surface area contributed by atoms with Crippen molar-refractivity contribution in [2.45, 2.75) is 12.8 Å². The van der Waals surface area contributed by atoms with Crippen molar-refractivity contribution in [3.8, 4) is 0 Å². The summed E-state index contributed by atoms with van der Waals surface area (Å²) in [7, 11) is 0. The van der Waals surface area contributed by atoms with Crippen molar-refractivity contribution in [3.05, 3.63) is 77.2 Å². The first kappa shape index (κ1) is 15.4. The largest absolute Gasteiger partial charge is 0.354 e. The molecule has 6 rings (SSSR count). The van der Waals surface area contributed by atoms with Crippen LogP contribution in [0.4, 0.5) is 11.4 Å². The number of allylic oxidation sites excluding steroid dienone is 1. The van der Waals surface area contributed by atoms with E-state index in [0.717, 1.165) is 18.5 Å². The average Bonchev–Trinajstić information content (AvgIpc) is 3.26. The molecule has 0 spiro atoms. The third kappa shape index (κ3) is 2.43. The summed E-state index contributed by atoms with van der Waals surface area (Å²) in [6.45, 7) is 0. The minimum absolute atomic E-state index is 1.15. The van der Waals surface area contributed by atoms with Crippen molar-refractivity contribution in [1.29, 1.82) is 0 Å². The van der Waals surface area contributed by atoms with Gasteiger partial charge in [0.05, 0.1) is 10.4 Å². The fourth-order valence-corrected chi connectivity index (χ4v) is 6.45. The van der Waals surface area contributed by atoms with Crippen LogP contribution in [0.1, 0.15) is 16.9 Å². The Balaban J connectivity index is 1.46. The van der Waals surface area contributed by atoms with E-state index in [-0.39, 0.29) is 0 Å². The molecule has 1 aliphatic rings. The molecule has 3 heteroatoms. The first-order chi connectivity index (χ1) is 13.4. The van der Waals surface area contributed by atoms with E-state index in [1.807, 2.05) is 22.7 Å². The number of benzene rings is 3. The van der Waals surface area contributed by atoms with Gasteiger partial charge in [-0.15, -0.1) is 22.7 Å². The molecule has 1 N–H and O–H groups in total. The Bertz CT molecular complexity index is 1350. The Hall–Kier alpha value is -2.62. The van der Waals surface area contributed by atoms with Crippen LogP contribution in [-0.4, -0.2) is 0 Å². The zero-order valence-corrected chi connectivity index (χ0v) is 16.3. The van der Waals surface area contributed by atoms with Crippen LogP contribution >= 0.6 is 22.7 Å². The number of aryl methyl sites for hydroxylation is 1. The van der Waals surface area contributed by atoms with Crippen molar-refractivity contribution in [1.82, 2.24) is 0 Å². The van der Waals surface area contributed by atoms with Gasteiger partial charge in [0.25, 0.3) is 0 Å². The lowest BCUT2D eigenvalue weighted by molar-refractivity contribution is 1.01. The van der Waals surface area contributed by atoms with Gasteiger partial charge in [0.15, 0.2) is 0 Å². The second kappa shape index (κ2) is 5.95. The first-order valence-corrected chi connectivity index (χ1v) is 10.9. The van der Waals surface area contributed by atoms with E-state index in [2.05, 4.69) is 78.1 Å². The fraction of sp³-hybridized carbons (Fsp3) is 0.0833. The number of thiophene rings is 2. The average molecular weight is 384 g/mol. The van der Waals surface area contributed by atoms with Crippen molar-refractivity contribution >= 4 is 70.4 Å². The molecule has 1 nitrogen and oxygen atoms in total. The highest BCUT2D eigenvalue weighted by atomic mass is 32.1. The molecule has 2 heterocycles. The van der Waals surface area contributed by atoms with Crippen molar-refractivity contribution < 1.29 is 0 Å². The molecule has 0 fully saturated rings. The molecule has 1 aliphatic carbocycles. The predicted octanol–water partition coefficient (Wildman–Crippen LogP) is 7.97. The van der Waals surface area contributed by atoms with E-state index >= 15 is 0 Å². The summed E-state index contributed by atoms with van der Waals surface area (Å²) < 4.78 is 4.05. The van der Waals surface area contributed by atoms with Gasteiger partial charge in [0.2, 0.25) is 0 Å². The van der Waals surface area contributed by atoms with Gasteiger partial charge >= 0.3 is 0 Å². The van der Waals surface area contributed by atoms with Crippen molar-refractivity contribution in [3.63, 3.8) is 0 Å². The maximum atomic E-state index is 3.69. The summed E-state index contributed by atoms with van der Waals surface area (Å²) in [5.41, 5.74) is 3.88. The van der Waals surface area contributed by atoms with Crippen LogP contribution in [0.2, 0.25) is 0 Å². The summed E-state index contributed by atoms with van der Waals surface area (Å²) in [6.07, 6.45) is 6.89. The van der Waals surface area contributed by atoms with E-state index in [1.165, 1.54) is 46.4 Å². The van der Waals surface area contributed by atoms with E-state index in [1.54, 1.807) is 0 Å². The van der Waals surface area contributed by atoms with Gasteiger partial charge in [0, 0.05) is 30.7 Å². The molecule has 0 radical (unpaired) electrons. The van der Waals surface area contributed by atoms with Gasteiger partial charge in [-0.2, -0.15) is 0 Å². The number of rotatable bonds is 2. The summed E-state index contributed by atoms with van der Waals surface area (Å²) in [5, 5.41) is 7.79.